The summed E-state index contributed by atoms with van der Waals surface area (Å²) in [6, 6.07) is 0.861. The van der Waals surface area contributed by atoms with Crippen LogP contribution in [0.15, 0.2) is 0 Å². The van der Waals surface area contributed by atoms with Gasteiger partial charge in [0.25, 0.3) is 0 Å². The zero-order valence-corrected chi connectivity index (χ0v) is 15.9. The largest absolute Gasteiger partial charge is 0.465 e. The molecule has 1 aliphatic carbocycles. The minimum absolute atomic E-state index is 0.132. The molecule has 7 heteroatoms. The van der Waals surface area contributed by atoms with Crippen LogP contribution in [-0.2, 0) is 4.74 Å². The third-order valence-corrected chi connectivity index (χ3v) is 7.61. The Balaban J connectivity index is 1.37. The molecule has 4 atom stereocenters. The monoisotopic (exact) mass is 365 g/mol. The summed E-state index contributed by atoms with van der Waals surface area (Å²) in [7, 11) is 0. The number of nitrogens with zero attached hydrogens (tertiary/aromatic N) is 2. The number of piperidine rings is 1. The SMILES string of the molecule is CCC1N(C(=O)O)CC12CCC(N1CCC3(CC1)OC(=O)NC3CC)C2. The van der Waals surface area contributed by atoms with Crippen molar-refractivity contribution in [1.29, 1.82) is 0 Å². The van der Waals surface area contributed by atoms with E-state index in [2.05, 4.69) is 24.1 Å². The summed E-state index contributed by atoms with van der Waals surface area (Å²) in [5.41, 5.74) is -0.124. The normalized spacial score (nSPS) is 39.1. The third-order valence-electron chi connectivity index (χ3n) is 7.61. The number of likely N-dealkylation sites (tertiary alicyclic amines) is 2. The summed E-state index contributed by atoms with van der Waals surface area (Å²) in [5, 5.41) is 12.3. The van der Waals surface area contributed by atoms with Crippen LogP contribution in [0.4, 0.5) is 9.59 Å². The maximum Gasteiger partial charge on any atom is 0.408 e. The number of nitrogens with one attached hydrogen (secondary N) is 1. The fraction of sp³-hybridized carbons (Fsp3) is 0.895. The Hall–Kier alpha value is -1.50. The van der Waals surface area contributed by atoms with Crippen molar-refractivity contribution in [2.24, 2.45) is 5.41 Å². The summed E-state index contributed by atoms with van der Waals surface area (Å²) in [6.45, 7) is 6.84. The van der Waals surface area contributed by atoms with Crippen molar-refractivity contribution < 1.29 is 19.4 Å². The van der Waals surface area contributed by atoms with Gasteiger partial charge in [0.15, 0.2) is 0 Å². The second-order valence-corrected chi connectivity index (χ2v) is 8.69. The van der Waals surface area contributed by atoms with Gasteiger partial charge in [0.1, 0.15) is 5.60 Å². The predicted octanol–water partition coefficient (Wildman–Crippen LogP) is 2.65. The Morgan fingerprint density at radius 1 is 1.27 bits per heavy atom. The smallest absolute Gasteiger partial charge is 0.408 e. The number of alkyl carbamates (subject to hydrolysis) is 1. The molecule has 3 saturated heterocycles. The Morgan fingerprint density at radius 2 is 2.00 bits per heavy atom. The number of amides is 2. The van der Waals surface area contributed by atoms with Gasteiger partial charge in [0, 0.05) is 50.0 Å². The summed E-state index contributed by atoms with van der Waals surface area (Å²) < 4.78 is 5.70. The fourth-order valence-electron chi connectivity index (χ4n) is 6.26. The molecule has 3 aliphatic heterocycles. The van der Waals surface area contributed by atoms with Crippen LogP contribution in [0.2, 0.25) is 0 Å². The Labute approximate surface area is 155 Å². The molecule has 3 heterocycles. The molecular formula is C19H31N3O4. The molecular weight excluding hydrogens is 334 g/mol. The number of hydrogen-bond donors (Lipinski definition) is 2. The van der Waals surface area contributed by atoms with Gasteiger partial charge in [-0.2, -0.15) is 0 Å². The van der Waals surface area contributed by atoms with E-state index >= 15 is 0 Å². The predicted molar refractivity (Wildman–Crippen MR) is 96.1 cm³/mol. The average Bonchev–Trinajstić information content (AvgIpc) is 3.17. The first-order chi connectivity index (χ1) is 12.4. The van der Waals surface area contributed by atoms with Gasteiger partial charge in [-0.1, -0.05) is 13.8 Å². The van der Waals surface area contributed by atoms with Crippen LogP contribution in [0, 0.1) is 5.41 Å². The molecule has 4 unspecified atom stereocenters. The van der Waals surface area contributed by atoms with Gasteiger partial charge in [-0.05, 0) is 32.1 Å². The molecule has 146 valence electrons. The fourth-order valence-corrected chi connectivity index (χ4v) is 6.26. The van der Waals surface area contributed by atoms with Crippen molar-refractivity contribution in [1.82, 2.24) is 15.1 Å². The molecule has 2 spiro atoms. The van der Waals surface area contributed by atoms with Crippen molar-refractivity contribution in [3.8, 4) is 0 Å². The maximum absolute atomic E-state index is 11.7. The zero-order valence-electron chi connectivity index (χ0n) is 15.9. The maximum atomic E-state index is 11.7. The van der Waals surface area contributed by atoms with Gasteiger partial charge in [0.2, 0.25) is 0 Å². The van der Waals surface area contributed by atoms with Crippen LogP contribution in [0.3, 0.4) is 0 Å². The number of carbonyl (C=O) groups excluding carboxylic acids is 1. The molecule has 0 aromatic heterocycles. The van der Waals surface area contributed by atoms with E-state index in [-0.39, 0.29) is 29.2 Å². The first kappa shape index (κ1) is 17.9. The van der Waals surface area contributed by atoms with Gasteiger partial charge in [-0.15, -0.1) is 0 Å². The topological polar surface area (TPSA) is 82.1 Å². The highest BCUT2D eigenvalue weighted by Crippen LogP contribution is 2.53. The van der Waals surface area contributed by atoms with Crippen molar-refractivity contribution in [3.63, 3.8) is 0 Å². The molecule has 26 heavy (non-hydrogen) atoms. The second kappa shape index (κ2) is 6.29. The standard InChI is InChI=1S/C19H31N3O4/c1-3-14-19(26-16(23)20-14)7-9-21(10-8-19)13-5-6-18(11-13)12-22(17(24)25)15(18)4-2/h13-15H,3-12H2,1-2H3,(H,20,23)(H,24,25). The highest BCUT2D eigenvalue weighted by Gasteiger charge is 2.58. The Morgan fingerprint density at radius 3 is 2.62 bits per heavy atom. The number of rotatable bonds is 3. The lowest BCUT2D eigenvalue weighted by atomic mass is 9.69. The van der Waals surface area contributed by atoms with E-state index in [1.54, 1.807) is 4.90 Å². The van der Waals surface area contributed by atoms with E-state index in [1.807, 2.05) is 0 Å². The summed E-state index contributed by atoms with van der Waals surface area (Å²) in [5.74, 6) is 0. The molecule has 2 amide bonds. The highest BCUT2D eigenvalue weighted by atomic mass is 16.6. The van der Waals surface area contributed by atoms with Gasteiger partial charge in [0.05, 0.1) is 6.04 Å². The van der Waals surface area contributed by atoms with Crippen molar-refractivity contribution in [2.75, 3.05) is 19.6 Å². The van der Waals surface area contributed by atoms with Gasteiger partial charge in [-0.3, -0.25) is 0 Å². The Bertz CT molecular complexity index is 589. The van der Waals surface area contributed by atoms with Crippen LogP contribution < -0.4 is 5.32 Å². The van der Waals surface area contributed by atoms with Crippen LogP contribution in [0.25, 0.3) is 0 Å². The minimum Gasteiger partial charge on any atom is -0.465 e. The molecule has 0 radical (unpaired) electrons. The van der Waals surface area contributed by atoms with E-state index in [0.717, 1.165) is 58.0 Å². The lowest BCUT2D eigenvalue weighted by molar-refractivity contribution is -0.0631. The molecule has 1 saturated carbocycles. The minimum atomic E-state index is -0.771. The first-order valence-electron chi connectivity index (χ1n) is 10.2. The van der Waals surface area contributed by atoms with Crippen LogP contribution in [-0.4, -0.2) is 70.5 Å². The molecule has 0 aromatic carbocycles. The van der Waals surface area contributed by atoms with Crippen molar-refractivity contribution in [3.05, 3.63) is 0 Å². The molecule has 0 bridgehead atoms. The molecule has 4 fully saturated rings. The van der Waals surface area contributed by atoms with E-state index in [0.29, 0.717) is 12.6 Å². The third kappa shape index (κ3) is 2.58. The molecule has 2 N–H and O–H groups in total. The number of ether oxygens (including phenoxy) is 1. The molecule has 4 aliphatic rings. The number of hydrogen-bond acceptors (Lipinski definition) is 4. The van der Waals surface area contributed by atoms with Gasteiger partial charge < -0.3 is 25.0 Å². The summed E-state index contributed by atoms with van der Waals surface area (Å²) in [4.78, 5) is 27.3. The molecule has 4 rings (SSSR count). The van der Waals surface area contributed by atoms with Crippen molar-refractivity contribution in [2.45, 2.75) is 82.5 Å². The highest BCUT2D eigenvalue weighted by molar-refractivity contribution is 5.71. The van der Waals surface area contributed by atoms with Gasteiger partial charge >= 0.3 is 12.2 Å². The molecule has 0 aromatic rings. The van der Waals surface area contributed by atoms with Crippen LogP contribution in [0.5, 0.6) is 0 Å². The first-order valence-corrected chi connectivity index (χ1v) is 10.2. The second-order valence-electron chi connectivity index (χ2n) is 8.69. The quantitative estimate of drug-likeness (QED) is 0.803. The lowest BCUT2D eigenvalue weighted by Gasteiger charge is -2.55. The lowest BCUT2D eigenvalue weighted by Crippen LogP contribution is -2.65. The van der Waals surface area contributed by atoms with Gasteiger partial charge in [-0.25, -0.2) is 9.59 Å². The van der Waals surface area contributed by atoms with Crippen LogP contribution in [0.1, 0.15) is 58.8 Å². The van der Waals surface area contributed by atoms with E-state index < -0.39 is 6.09 Å². The Kier molecular flexibility index (Phi) is 4.33. The van der Waals surface area contributed by atoms with Crippen LogP contribution >= 0.6 is 0 Å². The number of carboxylic acid groups (broad SMARTS) is 1. The van der Waals surface area contributed by atoms with E-state index in [9.17, 15) is 14.7 Å². The van der Waals surface area contributed by atoms with Crippen molar-refractivity contribution >= 4 is 12.2 Å². The summed E-state index contributed by atoms with van der Waals surface area (Å²) in [6.07, 6.45) is 5.97. The average molecular weight is 365 g/mol. The number of carbonyl (C=O) groups is 2. The van der Waals surface area contributed by atoms with E-state index in [4.69, 9.17) is 4.74 Å². The zero-order chi connectivity index (χ0) is 18.5. The van der Waals surface area contributed by atoms with E-state index in [1.165, 1.54) is 0 Å². The molecule has 7 nitrogen and oxygen atoms in total. The summed E-state index contributed by atoms with van der Waals surface area (Å²) >= 11 is 0.